The summed E-state index contributed by atoms with van der Waals surface area (Å²) in [5.74, 6) is 0.925. The fourth-order valence-corrected chi connectivity index (χ4v) is 5.18. The molecule has 3 aromatic carbocycles. The Bertz CT molecular complexity index is 1370. The Kier molecular flexibility index (Phi) is 15.0. The first kappa shape index (κ1) is 37.4. The van der Waals surface area contributed by atoms with Crippen LogP contribution in [0.5, 0.6) is 11.5 Å². The summed E-state index contributed by atoms with van der Waals surface area (Å²) in [4.78, 5) is 32.0. The summed E-state index contributed by atoms with van der Waals surface area (Å²) in [5.41, 5.74) is 3.66. The van der Waals surface area contributed by atoms with Gasteiger partial charge in [0.05, 0.1) is 27.3 Å². The zero-order chi connectivity index (χ0) is 34.2. The van der Waals surface area contributed by atoms with Gasteiger partial charge >= 0.3 is 11.9 Å². The summed E-state index contributed by atoms with van der Waals surface area (Å²) in [7, 11) is 7.30. The highest BCUT2D eigenvalue weighted by Crippen LogP contribution is 2.26. The number of esters is 2. The van der Waals surface area contributed by atoms with Crippen molar-refractivity contribution in [3.63, 3.8) is 0 Å². The second kappa shape index (κ2) is 18.9. The van der Waals surface area contributed by atoms with E-state index in [-0.39, 0.29) is 31.6 Å². The largest absolute Gasteiger partial charge is 0.497 e. The molecule has 0 N–H and O–H groups in total. The lowest BCUT2D eigenvalue weighted by Gasteiger charge is -2.26. The van der Waals surface area contributed by atoms with Gasteiger partial charge in [-0.2, -0.15) is 0 Å². The highest BCUT2D eigenvalue weighted by Gasteiger charge is 2.20. The van der Waals surface area contributed by atoms with Crippen molar-refractivity contribution < 1.29 is 28.5 Å². The Morgan fingerprint density at radius 3 is 1.94 bits per heavy atom. The number of unbranched alkanes of at least 4 members (excludes halogenated alkanes) is 2. The summed E-state index contributed by atoms with van der Waals surface area (Å²) in [5, 5.41) is 0. The molecule has 0 bridgehead atoms. The molecule has 256 valence electrons. The number of nitrogens with zero attached hydrogens (tertiary/aromatic N) is 3. The number of carbonyl (C=O) groups excluding carboxylic acids is 2. The van der Waals surface area contributed by atoms with Gasteiger partial charge in [0, 0.05) is 44.5 Å². The number of anilines is 1. The normalized spacial score (nSPS) is 11.4. The quantitative estimate of drug-likeness (QED) is 0.110. The Morgan fingerprint density at radius 2 is 1.34 bits per heavy atom. The summed E-state index contributed by atoms with van der Waals surface area (Å²) in [6.45, 7) is 8.93. The minimum atomic E-state index is -0.533. The van der Waals surface area contributed by atoms with E-state index in [2.05, 4.69) is 39.0 Å². The highest BCUT2D eigenvalue weighted by molar-refractivity contribution is 5.72. The summed E-state index contributed by atoms with van der Waals surface area (Å²) in [6.07, 6.45) is 2.71. The predicted molar refractivity (Wildman–Crippen MR) is 187 cm³/mol. The van der Waals surface area contributed by atoms with Crippen LogP contribution in [0.2, 0.25) is 0 Å². The van der Waals surface area contributed by atoms with Crippen molar-refractivity contribution in [1.82, 2.24) is 9.80 Å². The van der Waals surface area contributed by atoms with Crippen LogP contribution in [0.15, 0.2) is 72.8 Å². The Morgan fingerprint density at radius 1 is 0.702 bits per heavy atom. The average Bonchev–Trinajstić information content (AvgIpc) is 3.03. The topological polar surface area (TPSA) is 80.8 Å². The molecule has 0 aromatic heterocycles. The molecule has 0 aliphatic heterocycles. The molecule has 9 nitrogen and oxygen atoms in total. The van der Waals surface area contributed by atoms with Gasteiger partial charge in [-0.1, -0.05) is 55.0 Å². The number of ether oxygens (including phenoxy) is 4. The van der Waals surface area contributed by atoms with Crippen LogP contribution >= 0.6 is 0 Å². The maximum Gasteiger partial charge on any atom is 0.320 e. The van der Waals surface area contributed by atoms with Crippen LogP contribution in [0.4, 0.5) is 5.69 Å². The van der Waals surface area contributed by atoms with E-state index in [4.69, 9.17) is 18.9 Å². The van der Waals surface area contributed by atoms with Gasteiger partial charge in [0.15, 0.2) is 0 Å². The first-order chi connectivity index (χ1) is 22.5. The van der Waals surface area contributed by atoms with E-state index in [1.165, 1.54) is 0 Å². The Labute approximate surface area is 281 Å². The maximum absolute atomic E-state index is 12.9. The molecule has 9 heteroatoms. The molecule has 0 fully saturated rings. The standard InChI is InChI=1S/C38H53N3O6/c1-38(2,3)47-37(43)28-40(25-30-16-19-33(20-17-30)39(4)5)22-12-9-13-23-41(26-32-18-21-34(44-6)24-35(32)45-7)27-36(42)46-29-31-14-10-8-11-15-31/h8,10-11,14-21,24H,9,12-13,22-23,25-29H2,1-7H3. The first-order valence-corrected chi connectivity index (χ1v) is 16.3. The van der Waals surface area contributed by atoms with Gasteiger partial charge in [0.1, 0.15) is 23.7 Å². The van der Waals surface area contributed by atoms with Gasteiger partial charge < -0.3 is 23.8 Å². The molecular formula is C38H53N3O6. The van der Waals surface area contributed by atoms with Crippen LogP contribution in [0.1, 0.15) is 56.7 Å². The van der Waals surface area contributed by atoms with E-state index >= 15 is 0 Å². The van der Waals surface area contributed by atoms with Crippen LogP contribution in [0.3, 0.4) is 0 Å². The maximum atomic E-state index is 12.9. The Balaban J connectivity index is 1.61. The third-order valence-electron chi connectivity index (χ3n) is 7.56. The van der Waals surface area contributed by atoms with Gasteiger partial charge in [-0.05, 0) is 76.0 Å². The number of benzene rings is 3. The minimum absolute atomic E-state index is 0.162. The fourth-order valence-electron chi connectivity index (χ4n) is 5.18. The highest BCUT2D eigenvalue weighted by atomic mass is 16.6. The van der Waals surface area contributed by atoms with Crippen LogP contribution in [-0.4, -0.2) is 81.8 Å². The number of hydrogen-bond acceptors (Lipinski definition) is 9. The molecule has 0 aliphatic carbocycles. The summed E-state index contributed by atoms with van der Waals surface area (Å²) < 4.78 is 22.2. The molecule has 0 radical (unpaired) electrons. The van der Waals surface area contributed by atoms with Gasteiger partial charge in [-0.25, -0.2) is 0 Å². The number of carbonyl (C=O) groups is 2. The predicted octanol–water partition coefficient (Wildman–Crippen LogP) is 6.33. The van der Waals surface area contributed by atoms with E-state index < -0.39 is 5.60 Å². The van der Waals surface area contributed by atoms with E-state index in [1.54, 1.807) is 14.2 Å². The average molecular weight is 648 g/mol. The van der Waals surface area contributed by atoms with Crippen molar-refractivity contribution in [2.75, 3.05) is 59.4 Å². The zero-order valence-corrected chi connectivity index (χ0v) is 29.3. The summed E-state index contributed by atoms with van der Waals surface area (Å²) >= 11 is 0. The Hall–Kier alpha value is -4.08. The second-order valence-electron chi connectivity index (χ2n) is 13.0. The molecule has 47 heavy (non-hydrogen) atoms. The summed E-state index contributed by atoms with van der Waals surface area (Å²) in [6, 6.07) is 23.8. The minimum Gasteiger partial charge on any atom is -0.497 e. The van der Waals surface area contributed by atoms with Crippen LogP contribution in [0.25, 0.3) is 0 Å². The smallest absolute Gasteiger partial charge is 0.320 e. The molecule has 0 saturated carbocycles. The van der Waals surface area contributed by atoms with Gasteiger partial charge in [0.25, 0.3) is 0 Å². The lowest BCUT2D eigenvalue weighted by molar-refractivity contribution is -0.156. The van der Waals surface area contributed by atoms with Gasteiger partial charge in [-0.3, -0.25) is 19.4 Å². The van der Waals surface area contributed by atoms with Crippen molar-refractivity contribution in [2.24, 2.45) is 0 Å². The van der Waals surface area contributed by atoms with Crippen molar-refractivity contribution in [1.29, 1.82) is 0 Å². The molecule has 3 aromatic rings. The first-order valence-electron chi connectivity index (χ1n) is 16.3. The molecule has 0 heterocycles. The van der Waals surface area contributed by atoms with Crippen molar-refractivity contribution in [2.45, 2.75) is 65.3 Å². The third-order valence-corrected chi connectivity index (χ3v) is 7.56. The molecule has 0 aliphatic rings. The van der Waals surface area contributed by atoms with Crippen molar-refractivity contribution >= 4 is 17.6 Å². The number of hydrogen-bond donors (Lipinski definition) is 0. The van der Waals surface area contributed by atoms with Crippen LogP contribution in [-0.2, 0) is 38.8 Å². The van der Waals surface area contributed by atoms with E-state index in [9.17, 15) is 9.59 Å². The second-order valence-corrected chi connectivity index (χ2v) is 13.0. The molecule has 3 rings (SSSR count). The number of rotatable bonds is 19. The molecule has 0 unspecified atom stereocenters. The fraction of sp³-hybridized carbons (Fsp3) is 0.474. The zero-order valence-electron chi connectivity index (χ0n) is 29.3. The van der Waals surface area contributed by atoms with E-state index in [0.29, 0.717) is 31.1 Å². The van der Waals surface area contributed by atoms with Crippen molar-refractivity contribution in [3.8, 4) is 11.5 Å². The monoisotopic (exact) mass is 647 g/mol. The van der Waals surface area contributed by atoms with Gasteiger partial charge in [-0.15, -0.1) is 0 Å². The van der Waals surface area contributed by atoms with Crippen LogP contribution in [0, 0.1) is 0 Å². The van der Waals surface area contributed by atoms with E-state index in [1.807, 2.05) is 83.4 Å². The lowest BCUT2D eigenvalue weighted by atomic mass is 10.1. The van der Waals surface area contributed by atoms with Crippen molar-refractivity contribution in [3.05, 3.63) is 89.5 Å². The number of methoxy groups -OCH3 is 2. The van der Waals surface area contributed by atoms with Gasteiger partial charge in [0.2, 0.25) is 0 Å². The van der Waals surface area contributed by atoms with Crippen LogP contribution < -0.4 is 14.4 Å². The molecule has 0 spiro atoms. The lowest BCUT2D eigenvalue weighted by Crippen LogP contribution is -2.35. The SMILES string of the molecule is COc1ccc(CN(CCCCCN(CC(=O)OC(C)(C)C)Cc2ccc(N(C)C)cc2)CC(=O)OCc2ccccc2)c(OC)c1. The third kappa shape index (κ3) is 14.1. The molecule has 0 atom stereocenters. The molecule has 0 amide bonds. The molecule has 0 saturated heterocycles. The van der Waals surface area contributed by atoms with E-state index in [0.717, 1.165) is 48.2 Å². The molecular weight excluding hydrogens is 594 g/mol.